The van der Waals surface area contributed by atoms with Gasteiger partial charge in [-0.3, -0.25) is 9.69 Å². The Kier molecular flexibility index (Phi) is 4.81. The average molecular weight is 290 g/mol. The number of hydrogen-bond donors (Lipinski definition) is 0. The third-order valence-electron chi connectivity index (χ3n) is 3.99. The summed E-state index contributed by atoms with van der Waals surface area (Å²) in [7, 11) is -1.40. The smallest absolute Gasteiger partial charge is 0.306 e. The summed E-state index contributed by atoms with van der Waals surface area (Å²) < 4.78 is 27.6. The predicted octanol–water partition coefficient (Wildman–Crippen LogP) is -0.646. The summed E-state index contributed by atoms with van der Waals surface area (Å²) in [5.74, 6) is 0.472. The summed E-state index contributed by atoms with van der Waals surface area (Å²) in [6, 6.07) is 0.202. The summed E-state index contributed by atoms with van der Waals surface area (Å²) in [5.41, 5.74) is 0. The van der Waals surface area contributed by atoms with Crippen LogP contribution in [0.25, 0.3) is 0 Å². The van der Waals surface area contributed by atoms with Crippen molar-refractivity contribution in [2.24, 2.45) is 0 Å². The number of carbonyl (C=O) groups excluding carboxylic acids is 1. The molecule has 1 atom stereocenters. The maximum absolute atomic E-state index is 11.5. The van der Waals surface area contributed by atoms with Gasteiger partial charge in [0.25, 0.3) is 0 Å². The highest BCUT2D eigenvalue weighted by Crippen LogP contribution is 2.19. The third kappa shape index (κ3) is 4.15. The van der Waals surface area contributed by atoms with Crippen LogP contribution in [0.2, 0.25) is 0 Å². The van der Waals surface area contributed by atoms with Crippen molar-refractivity contribution in [3.8, 4) is 0 Å². The van der Waals surface area contributed by atoms with Gasteiger partial charge in [0.2, 0.25) is 0 Å². The van der Waals surface area contributed by atoms with Crippen LogP contribution in [0, 0.1) is 0 Å². The van der Waals surface area contributed by atoms with E-state index in [1.165, 1.54) is 7.11 Å². The lowest BCUT2D eigenvalue weighted by Gasteiger charge is -2.37. The molecule has 2 fully saturated rings. The van der Waals surface area contributed by atoms with E-state index in [1.54, 1.807) is 0 Å². The van der Waals surface area contributed by atoms with Crippen molar-refractivity contribution in [1.29, 1.82) is 0 Å². The fraction of sp³-hybridized carbons (Fsp3) is 0.917. The fourth-order valence-corrected chi connectivity index (χ4v) is 4.53. The molecule has 2 saturated heterocycles. The highest BCUT2D eigenvalue weighted by molar-refractivity contribution is 7.91. The van der Waals surface area contributed by atoms with E-state index in [-0.39, 0.29) is 12.0 Å². The number of esters is 1. The van der Waals surface area contributed by atoms with Crippen LogP contribution in [0.3, 0.4) is 0 Å². The highest BCUT2D eigenvalue weighted by Gasteiger charge is 2.33. The van der Waals surface area contributed by atoms with Crippen LogP contribution in [-0.4, -0.2) is 81.6 Å². The fourth-order valence-electron chi connectivity index (χ4n) is 2.77. The molecule has 19 heavy (non-hydrogen) atoms. The molecule has 0 saturated carbocycles. The zero-order valence-electron chi connectivity index (χ0n) is 11.4. The first-order chi connectivity index (χ1) is 9.00. The molecular formula is C12H22N2O4S. The maximum atomic E-state index is 11.5. The second kappa shape index (κ2) is 6.19. The van der Waals surface area contributed by atoms with Crippen LogP contribution in [-0.2, 0) is 19.4 Å². The van der Waals surface area contributed by atoms with Gasteiger partial charge in [-0.25, -0.2) is 8.42 Å². The largest absolute Gasteiger partial charge is 0.469 e. The number of rotatable bonds is 4. The molecule has 6 nitrogen and oxygen atoms in total. The summed E-state index contributed by atoms with van der Waals surface area (Å²) >= 11 is 0. The van der Waals surface area contributed by atoms with E-state index in [2.05, 4.69) is 14.5 Å². The van der Waals surface area contributed by atoms with E-state index in [1.807, 2.05) is 0 Å². The molecule has 0 aliphatic carbocycles. The van der Waals surface area contributed by atoms with Crippen LogP contribution in [0.5, 0.6) is 0 Å². The topological polar surface area (TPSA) is 66.9 Å². The van der Waals surface area contributed by atoms with E-state index < -0.39 is 9.84 Å². The second-order valence-corrected chi connectivity index (χ2v) is 7.49. The molecule has 1 unspecified atom stereocenters. The molecule has 0 aromatic carbocycles. The molecule has 0 aromatic rings. The van der Waals surface area contributed by atoms with Gasteiger partial charge >= 0.3 is 5.97 Å². The van der Waals surface area contributed by atoms with Crippen molar-refractivity contribution in [1.82, 2.24) is 9.80 Å². The summed E-state index contributed by atoms with van der Waals surface area (Å²) in [6.07, 6.45) is 1.19. The number of sulfone groups is 1. The van der Waals surface area contributed by atoms with Crippen molar-refractivity contribution >= 4 is 15.8 Å². The van der Waals surface area contributed by atoms with Gasteiger partial charge in [0.1, 0.15) is 0 Å². The number of piperazine rings is 1. The lowest BCUT2D eigenvalue weighted by atomic mass is 10.2. The quantitative estimate of drug-likeness (QED) is 0.641. The minimum atomic E-state index is -2.80. The molecule has 110 valence electrons. The van der Waals surface area contributed by atoms with Crippen LogP contribution < -0.4 is 0 Å². The Bertz CT molecular complexity index is 415. The van der Waals surface area contributed by atoms with Crippen molar-refractivity contribution in [3.05, 3.63) is 0 Å². The predicted molar refractivity (Wildman–Crippen MR) is 71.7 cm³/mol. The lowest BCUT2D eigenvalue weighted by molar-refractivity contribution is -0.141. The molecule has 2 aliphatic heterocycles. The lowest BCUT2D eigenvalue weighted by Crippen LogP contribution is -2.51. The van der Waals surface area contributed by atoms with Crippen molar-refractivity contribution < 1.29 is 17.9 Å². The summed E-state index contributed by atoms with van der Waals surface area (Å²) in [6.45, 7) is 4.30. The molecule has 2 rings (SSSR count). The third-order valence-corrected chi connectivity index (χ3v) is 5.74. The average Bonchev–Trinajstić information content (AvgIpc) is 2.77. The van der Waals surface area contributed by atoms with E-state index >= 15 is 0 Å². The Labute approximate surface area is 114 Å². The van der Waals surface area contributed by atoms with E-state index in [0.29, 0.717) is 17.9 Å². The van der Waals surface area contributed by atoms with E-state index in [0.717, 1.165) is 39.1 Å². The van der Waals surface area contributed by atoms with E-state index in [4.69, 9.17) is 0 Å². The number of ether oxygens (including phenoxy) is 1. The van der Waals surface area contributed by atoms with Crippen molar-refractivity contribution in [2.45, 2.75) is 18.9 Å². The molecular weight excluding hydrogens is 268 g/mol. The molecule has 0 radical (unpaired) electrons. The minimum Gasteiger partial charge on any atom is -0.469 e. The molecule has 2 aliphatic rings. The Balaban J connectivity index is 1.72. The Morgan fingerprint density at radius 3 is 2.47 bits per heavy atom. The van der Waals surface area contributed by atoms with E-state index in [9.17, 15) is 13.2 Å². The SMILES string of the molecule is COC(=O)CCN1CCN(C2CCS(=O)(=O)C2)CC1. The van der Waals surface area contributed by atoms with Crippen LogP contribution >= 0.6 is 0 Å². The van der Waals surface area contributed by atoms with Crippen molar-refractivity contribution in [2.75, 3.05) is 51.3 Å². The summed E-state index contributed by atoms with van der Waals surface area (Å²) in [4.78, 5) is 15.6. The van der Waals surface area contributed by atoms with Crippen LogP contribution in [0.1, 0.15) is 12.8 Å². The molecule has 0 aromatic heterocycles. The monoisotopic (exact) mass is 290 g/mol. The van der Waals surface area contributed by atoms with Crippen molar-refractivity contribution in [3.63, 3.8) is 0 Å². The molecule has 0 spiro atoms. The molecule has 0 amide bonds. The van der Waals surface area contributed by atoms with Gasteiger partial charge in [0.15, 0.2) is 9.84 Å². The van der Waals surface area contributed by atoms with Crippen LogP contribution in [0.15, 0.2) is 0 Å². The molecule has 7 heteroatoms. The number of nitrogens with zero attached hydrogens (tertiary/aromatic N) is 2. The normalized spacial score (nSPS) is 28.4. The number of carbonyl (C=O) groups is 1. The molecule has 2 heterocycles. The molecule has 0 bridgehead atoms. The van der Waals surface area contributed by atoms with Gasteiger partial charge in [-0.05, 0) is 6.42 Å². The first kappa shape index (κ1) is 14.7. The van der Waals surface area contributed by atoms with Crippen LogP contribution in [0.4, 0.5) is 0 Å². The first-order valence-electron chi connectivity index (χ1n) is 6.74. The Hall–Kier alpha value is -0.660. The van der Waals surface area contributed by atoms with Gasteiger partial charge in [0.05, 0.1) is 25.0 Å². The standard InChI is InChI=1S/C12H22N2O4S/c1-18-12(15)2-4-13-5-7-14(8-6-13)11-3-9-19(16,17)10-11/h11H,2-10H2,1H3. The number of methoxy groups -OCH3 is 1. The first-order valence-corrected chi connectivity index (χ1v) is 8.56. The zero-order valence-corrected chi connectivity index (χ0v) is 12.2. The van der Waals surface area contributed by atoms with Gasteiger partial charge in [-0.1, -0.05) is 0 Å². The zero-order chi connectivity index (χ0) is 13.9. The summed E-state index contributed by atoms with van der Waals surface area (Å²) in [5, 5.41) is 0. The maximum Gasteiger partial charge on any atom is 0.306 e. The Morgan fingerprint density at radius 1 is 1.26 bits per heavy atom. The van der Waals surface area contributed by atoms with Gasteiger partial charge in [-0.15, -0.1) is 0 Å². The van der Waals surface area contributed by atoms with Gasteiger partial charge < -0.3 is 9.64 Å². The van der Waals surface area contributed by atoms with Gasteiger partial charge in [-0.2, -0.15) is 0 Å². The minimum absolute atomic E-state index is 0.177. The van der Waals surface area contributed by atoms with Gasteiger partial charge in [0, 0.05) is 38.8 Å². The second-order valence-electron chi connectivity index (χ2n) is 5.26. The Morgan fingerprint density at radius 2 is 1.95 bits per heavy atom. The number of hydrogen-bond acceptors (Lipinski definition) is 6. The molecule has 0 N–H and O–H groups in total. The highest BCUT2D eigenvalue weighted by atomic mass is 32.2.